The Morgan fingerprint density at radius 3 is 2.89 bits per heavy atom. The molecule has 2 rings (SSSR count). The molecule has 0 aliphatic heterocycles. The fourth-order valence-electron chi connectivity index (χ4n) is 1.56. The summed E-state index contributed by atoms with van der Waals surface area (Å²) in [4.78, 5) is 4.13. The lowest BCUT2D eigenvalue weighted by Crippen LogP contribution is -2.10. The molecule has 0 aromatic carbocycles. The second-order valence-corrected chi connectivity index (χ2v) is 4.15. The van der Waals surface area contributed by atoms with Gasteiger partial charge in [0.25, 0.3) is 0 Å². The number of hydrogen-bond donors (Lipinski definition) is 1. The van der Waals surface area contributed by atoms with Gasteiger partial charge in [-0.15, -0.1) is 10.2 Å². The number of rotatable bonds is 4. The standard InChI is InChI=1S/C12H14N6/c1-9(2)18-8-16-17-12(18)7-15-11-4-3-10(5-13)6-14-11/h3-4,6,8-9H,7H2,1-2H3,(H,14,15). The van der Waals surface area contributed by atoms with Gasteiger partial charge in [0, 0.05) is 12.2 Å². The molecule has 0 aliphatic rings. The Kier molecular flexibility index (Phi) is 3.53. The van der Waals surface area contributed by atoms with E-state index in [1.165, 1.54) is 6.20 Å². The van der Waals surface area contributed by atoms with Gasteiger partial charge in [0.2, 0.25) is 0 Å². The molecule has 0 spiro atoms. The zero-order chi connectivity index (χ0) is 13.0. The number of nitrogens with one attached hydrogen (secondary N) is 1. The average Bonchev–Trinajstić information content (AvgIpc) is 2.85. The van der Waals surface area contributed by atoms with Crippen LogP contribution in [-0.2, 0) is 6.54 Å². The molecule has 92 valence electrons. The average molecular weight is 242 g/mol. The highest BCUT2D eigenvalue weighted by Crippen LogP contribution is 2.09. The minimum atomic E-state index is 0.325. The van der Waals surface area contributed by atoms with E-state index < -0.39 is 0 Å². The molecule has 6 nitrogen and oxygen atoms in total. The Morgan fingerprint density at radius 2 is 2.28 bits per heavy atom. The zero-order valence-electron chi connectivity index (χ0n) is 10.3. The van der Waals surface area contributed by atoms with Crippen LogP contribution in [0.5, 0.6) is 0 Å². The third-order valence-corrected chi connectivity index (χ3v) is 2.52. The van der Waals surface area contributed by atoms with Gasteiger partial charge < -0.3 is 9.88 Å². The minimum absolute atomic E-state index is 0.325. The molecule has 0 fully saturated rings. The van der Waals surface area contributed by atoms with Crippen LogP contribution >= 0.6 is 0 Å². The Balaban J connectivity index is 2.02. The highest BCUT2D eigenvalue weighted by molar-refractivity contribution is 5.38. The summed E-state index contributed by atoms with van der Waals surface area (Å²) in [5.74, 6) is 1.57. The lowest BCUT2D eigenvalue weighted by molar-refractivity contribution is 0.572. The second-order valence-electron chi connectivity index (χ2n) is 4.15. The van der Waals surface area contributed by atoms with Gasteiger partial charge in [0.15, 0.2) is 5.82 Å². The van der Waals surface area contributed by atoms with Crippen LogP contribution in [0.15, 0.2) is 24.7 Å². The van der Waals surface area contributed by atoms with Gasteiger partial charge in [0.05, 0.1) is 12.1 Å². The number of pyridine rings is 1. The predicted molar refractivity (Wildman–Crippen MR) is 66.7 cm³/mol. The van der Waals surface area contributed by atoms with E-state index in [1.54, 1.807) is 18.5 Å². The number of anilines is 1. The Hall–Kier alpha value is -2.42. The summed E-state index contributed by atoms with van der Waals surface area (Å²) in [7, 11) is 0. The summed E-state index contributed by atoms with van der Waals surface area (Å²) in [6.07, 6.45) is 3.25. The summed E-state index contributed by atoms with van der Waals surface area (Å²) in [5, 5.41) is 19.8. The molecule has 0 bridgehead atoms. The highest BCUT2D eigenvalue weighted by atomic mass is 15.3. The van der Waals surface area contributed by atoms with Crippen LogP contribution in [0.4, 0.5) is 5.82 Å². The first-order chi connectivity index (χ1) is 8.70. The van der Waals surface area contributed by atoms with Crippen LogP contribution in [0.2, 0.25) is 0 Å². The van der Waals surface area contributed by atoms with E-state index in [0.29, 0.717) is 24.0 Å². The molecule has 6 heteroatoms. The quantitative estimate of drug-likeness (QED) is 0.883. The van der Waals surface area contributed by atoms with Crippen molar-refractivity contribution in [2.75, 3.05) is 5.32 Å². The molecule has 1 N–H and O–H groups in total. The summed E-state index contributed by atoms with van der Waals surface area (Å²) in [6, 6.07) is 5.85. The molecular weight excluding hydrogens is 228 g/mol. The maximum absolute atomic E-state index is 8.67. The van der Waals surface area contributed by atoms with Crippen molar-refractivity contribution >= 4 is 5.82 Å². The lowest BCUT2D eigenvalue weighted by atomic mass is 10.3. The van der Waals surface area contributed by atoms with E-state index in [0.717, 1.165) is 5.82 Å². The summed E-state index contributed by atoms with van der Waals surface area (Å²) in [5.41, 5.74) is 0.547. The van der Waals surface area contributed by atoms with Gasteiger partial charge in [-0.3, -0.25) is 0 Å². The molecule has 0 atom stereocenters. The van der Waals surface area contributed by atoms with Crippen LogP contribution < -0.4 is 5.32 Å². The first-order valence-electron chi connectivity index (χ1n) is 5.69. The van der Waals surface area contributed by atoms with Crippen LogP contribution in [0, 0.1) is 11.3 Å². The van der Waals surface area contributed by atoms with Gasteiger partial charge in [-0.25, -0.2) is 4.98 Å². The second kappa shape index (κ2) is 5.27. The van der Waals surface area contributed by atoms with Gasteiger partial charge in [-0.05, 0) is 26.0 Å². The fraction of sp³-hybridized carbons (Fsp3) is 0.333. The molecule has 0 saturated heterocycles. The van der Waals surface area contributed by atoms with Gasteiger partial charge in [0.1, 0.15) is 18.2 Å². The van der Waals surface area contributed by atoms with E-state index in [-0.39, 0.29) is 0 Å². The summed E-state index contributed by atoms with van der Waals surface area (Å²) < 4.78 is 2.00. The molecule has 0 unspecified atom stereocenters. The van der Waals surface area contributed by atoms with E-state index in [2.05, 4.69) is 34.3 Å². The third kappa shape index (κ3) is 2.63. The Morgan fingerprint density at radius 1 is 1.44 bits per heavy atom. The van der Waals surface area contributed by atoms with E-state index >= 15 is 0 Å². The number of nitrogens with zero attached hydrogens (tertiary/aromatic N) is 5. The molecule has 0 saturated carbocycles. The molecule has 2 aromatic heterocycles. The van der Waals surface area contributed by atoms with Crippen molar-refractivity contribution in [1.82, 2.24) is 19.7 Å². The van der Waals surface area contributed by atoms with Gasteiger partial charge in [-0.1, -0.05) is 0 Å². The maximum atomic E-state index is 8.67. The van der Waals surface area contributed by atoms with E-state index in [9.17, 15) is 0 Å². The Labute approximate surface area is 105 Å². The highest BCUT2D eigenvalue weighted by Gasteiger charge is 2.06. The smallest absolute Gasteiger partial charge is 0.152 e. The largest absolute Gasteiger partial charge is 0.363 e. The van der Waals surface area contributed by atoms with Crippen molar-refractivity contribution in [3.05, 3.63) is 36.0 Å². The monoisotopic (exact) mass is 242 g/mol. The van der Waals surface area contributed by atoms with Crippen molar-refractivity contribution < 1.29 is 0 Å². The first kappa shape index (κ1) is 12.0. The van der Waals surface area contributed by atoms with Crippen molar-refractivity contribution in [1.29, 1.82) is 5.26 Å². The minimum Gasteiger partial charge on any atom is -0.363 e. The third-order valence-electron chi connectivity index (χ3n) is 2.52. The van der Waals surface area contributed by atoms with Crippen molar-refractivity contribution in [2.24, 2.45) is 0 Å². The van der Waals surface area contributed by atoms with Crippen LogP contribution in [0.1, 0.15) is 31.3 Å². The maximum Gasteiger partial charge on any atom is 0.152 e. The molecule has 0 amide bonds. The van der Waals surface area contributed by atoms with Gasteiger partial charge in [-0.2, -0.15) is 5.26 Å². The number of aromatic nitrogens is 4. The molecule has 2 aromatic rings. The van der Waals surface area contributed by atoms with Crippen LogP contribution in [-0.4, -0.2) is 19.7 Å². The summed E-state index contributed by atoms with van der Waals surface area (Å²) in [6.45, 7) is 4.71. The van der Waals surface area contributed by atoms with Crippen LogP contribution in [0.25, 0.3) is 0 Å². The van der Waals surface area contributed by atoms with Crippen molar-refractivity contribution in [2.45, 2.75) is 26.4 Å². The molecule has 18 heavy (non-hydrogen) atoms. The van der Waals surface area contributed by atoms with E-state index in [4.69, 9.17) is 5.26 Å². The first-order valence-corrected chi connectivity index (χ1v) is 5.69. The Bertz CT molecular complexity index is 549. The topological polar surface area (TPSA) is 79.4 Å². The van der Waals surface area contributed by atoms with Crippen molar-refractivity contribution in [3.8, 4) is 6.07 Å². The molecule has 0 aliphatic carbocycles. The lowest BCUT2D eigenvalue weighted by Gasteiger charge is -2.10. The van der Waals surface area contributed by atoms with E-state index in [1.807, 2.05) is 10.6 Å². The fourth-order valence-corrected chi connectivity index (χ4v) is 1.56. The zero-order valence-corrected chi connectivity index (χ0v) is 10.3. The molecule has 2 heterocycles. The number of hydrogen-bond acceptors (Lipinski definition) is 5. The van der Waals surface area contributed by atoms with Gasteiger partial charge >= 0.3 is 0 Å². The normalized spacial score (nSPS) is 10.3. The molecular formula is C12H14N6. The summed E-state index contributed by atoms with van der Waals surface area (Å²) >= 11 is 0. The predicted octanol–water partition coefficient (Wildman–Crippen LogP) is 1.74. The SMILES string of the molecule is CC(C)n1cnnc1CNc1ccc(C#N)cn1. The van der Waals surface area contributed by atoms with Crippen molar-refractivity contribution in [3.63, 3.8) is 0 Å². The number of nitriles is 1. The molecule has 0 radical (unpaired) electrons. The van der Waals surface area contributed by atoms with Crippen LogP contribution in [0.3, 0.4) is 0 Å².